The predicted molar refractivity (Wildman–Crippen MR) is 107 cm³/mol. The van der Waals surface area contributed by atoms with Gasteiger partial charge in [-0.25, -0.2) is 9.97 Å². The Hall–Kier alpha value is -1.81. The molecule has 0 atom stereocenters. The maximum Gasteiger partial charge on any atom is 0.418 e. The molecule has 1 aliphatic rings. The van der Waals surface area contributed by atoms with Gasteiger partial charge in [-0.1, -0.05) is 6.92 Å². The van der Waals surface area contributed by atoms with Gasteiger partial charge < -0.3 is 5.73 Å². The van der Waals surface area contributed by atoms with Gasteiger partial charge in [0.2, 0.25) is 0 Å². The number of anilines is 2. The van der Waals surface area contributed by atoms with E-state index in [2.05, 4.69) is 25.9 Å². The Balaban J connectivity index is 2.02. The number of hydrogen-bond acceptors (Lipinski definition) is 5. The number of alkyl halides is 3. The van der Waals surface area contributed by atoms with E-state index in [1.165, 1.54) is 25.0 Å². The van der Waals surface area contributed by atoms with E-state index in [9.17, 15) is 18.0 Å². The van der Waals surface area contributed by atoms with Crippen LogP contribution in [0.25, 0.3) is 0 Å². The van der Waals surface area contributed by atoms with Crippen molar-refractivity contribution in [2.75, 3.05) is 23.4 Å². The van der Waals surface area contributed by atoms with Crippen molar-refractivity contribution in [2.45, 2.75) is 36.8 Å². The Morgan fingerprint density at radius 1 is 1.39 bits per heavy atom. The van der Waals surface area contributed by atoms with Crippen molar-refractivity contribution >= 4 is 45.1 Å². The van der Waals surface area contributed by atoms with Crippen LogP contribution in [0.2, 0.25) is 0 Å². The predicted octanol–water partition coefficient (Wildman–Crippen LogP) is 5.11. The van der Waals surface area contributed by atoms with Gasteiger partial charge >= 0.3 is 6.18 Å². The Bertz CT molecular complexity index is 918. The fourth-order valence-corrected chi connectivity index (χ4v) is 4.08. The summed E-state index contributed by atoms with van der Waals surface area (Å²) in [6.07, 6.45) is -1.76. The molecule has 0 bridgehead atoms. The molecule has 2 aromatic rings. The largest absolute Gasteiger partial charge is 0.418 e. The molecule has 1 saturated carbocycles. The van der Waals surface area contributed by atoms with Crippen molar-refractivity contribution in [3.63, 3.8) is 0 Å². The van der Waals surface area contributed by atoms with Crippen molar-refractivity contribution < 1.29 is 18.0 Å². The summed E-state index contributed by atoms with van der Waals surface area (Å²) in [4.78, 5) is 23.2. The van der Waals surface area contributed by atoms with Crippen LogP contribution in [0.15, 0.2) is 27.7 Å². The van der Waals surface area contributed by atoms with Gasteiger partial charge in [0.15, 0.2) is 5.82 Å². The molecule has 3 rings (SSSR count). The van der Waals surface area contributed by atoms with Crippen LogP contribution in [0.3, 0.4) is 0 Å². The molecular weight excluding hydrogens is 457 g/mol. The highest BCUT2D eigenvalue weighted by Crippen LogP contribution is 2.46. The first-order valence-electron chi connectivity index (χ1n) is 8.57. The second kappa shape index (κ2) is 7.90. The normalized spacial score (nSPS) is 14.2. The molecule has 0 radical (unpaired) electrons. The highest BCUT2D eigenvalue weighted by Gasteiger charge is 2.40. The summed E-state index contributed by atoms with van der Waals surface area (Å²) in [5, 5.41) is 0. The first-order chi connectivity index (χ1) is 13.1. The first-order valence-corrected chi connectivity index (χ1v) is 10.3. The number of amides is 1. The molecule has 2 heterocycles. The van der Waals surface area contributed by atoms with E-state index in [0.717, 1.165) is 21.2 Å². The van der Waals surface area contributed by atoms with Gasteiger partial charge in [0.05, 0.1) is 16.9 Å². The molecule has 2 aromatic heterocycles. The van der Waals surface area contributed by atoms with Crippen LogP contribution >= 0.6 is 27.7 Å². The monoisotopic (exact) mass is 474 g/mol. The Morgan fingerprint density at radius 3 is 2.64 bits per heavy atom. The first kappa shape index (κ1) is 20.9. The van der Waals surface area contributed by atoms with Crippen molar-refractivity contribution in [3.8, 4) is 0 Å². The van der Waals surface area contributed by atoms with Crippen LogP contribution in [0.4, 0.5) is 24.7 Å². The van der Waals surface area contributed by atoms with Gasteiger partial charge in [-0.3, -0.25) is 9.69 Å². The van der Waals surface area contributed by atoms with Crippen molar-refractivity contribution in [2.24, 2.45) is 0 Å². The minimum atomic E-state index is -4.54. The number of nitrogen functional groups attached to an aromatic ring is 1. The summed E-state index contributed by atoms with van der Waals surface area (Å²) in [7, 11) is 1.44. The molecule has 10 heteroatoms. The number of nitrogens with two attached hydrogens (primary N) is 1. The number of carbonyl (C=O) groups excluding carboxylic acids is 1. The zero-order valence-electron chi connectivity index (χ0n) is 15.2. The van der Waals surface area contributed by atoms with Gasteiger partial charge in [0, 0.05) is 28.5 Å². The Morgan fingerprint density at radius 2 is 2.07 bits per heavy atom. The summed E-state index contributed by atoms with van der Waals surface area (Å²) < 4.78 is 40.8. The van der Waals surface area contributed by atoms with Crippen LogP contribution < -0.4 is 10.6 Å². The lowest BCUT2D eigenvalue weighted by molar-refractivity contribution is -0.138. The number of rotatable bonds is 5. The summed E-state index contributed by atoms with van der Waals surface area (Å²) in [6, 6.07) is 2.65. The third kappa shape index (κ3) is 4.27. The van der Waals surface area contributed by atoms with Crippen molar-refractivity contribution in [1.82, 2.24) is 9.97 Å². The second-order valence-corrected chi connectivity index (χ2v) is 8.63. The molecule has 0 spiro atoms. The molecule has 2 N–H and O–H groups in total. The van der Waals surface area contributed by atoms with E-state index < -0.39 is 17.6 Å². The van der Waals surface area contributed by atoms with Crippen LogP contribution in [-0.2, 0) is 6.18 Å². The van der Waals surface area contributed by atoms with E-state index in [1.54, 1.807) is 6.07 Å². The SMILES string of the molecule is CCSc1cc(Br)cnc1C(=O)N(C)c1nc(C2CC2)c(C(F)(F)F)cc1N. The molecule has 0 saturated heterocycles. The maximum atomic E-state index is 13.4. The summed E-state index contributed by atoms with van der Waals surface area (Å²) >= 11 is 4.77. The quantitative estimate of drug-likeness (QED) is 0.609. The van der Waals surface area contributed by atoms with Gasteiger partial charge in [-0.15, -0.1) is 11.8 Å². The van der Waals surface area contributed by atoms with E-state index in [-0.39, 0.29) is 28.8 Å². The van der Waals surface area contributed by atoms with Crippen LogP contribution in [0.1, 0.15) is 47.4 Å². The topological polar surface area (TPSA) is 72.1 Å². The summed E-state index contributed by atoms with van der Waals surface area (Å²) in [6.45, 7) is 1.95. The molecule has 1 fully saturated rings. The highest BCUT2D eigenvalue weighted by atomic mass is 79.9. The van der Waals surface area contributed by atoms with Gasteiger partial charge in [0.1, 0.15) is 5.69 Å². The molecule has 1 amide bonds. The van der Waals surface area contributed by atoms with Crippen molar-refractivity contribution in [1.29, 1.82) is 0 Å². The fourth-order valence-electron chi connectivity index (χ4n) is 2.80. The number of carbonyl (C=O) groups is 1. The number of hydrogen-bond donors (Lipinski definition) is 1. The number of pyridine rings is 2. The number of nitrogens with zero attached hydrogens (tertiary/aromatic N) is 3. The van der Waals surface area contributed by atoms with Gasteiger partial charge in [-0.05, 0) is 46.7 Å². The fraction of sp³-hybridized carbons (Fsp3) is 0.389. The molecule has 1 aliphatic carbocycles. The summed E-state index contributed by atoms with van der Waals surface area (Å²) in [5.74, 6) is 0.00644. The molecule has 28 heavy (non-hydrogen) atoms. The number of thioether (sulfide) groups is 1. The average Bonchev–Trinajstić information content (AvgIpc) is 3.45. The lowest BCUT2D eigenvalue weighted by Gasteiger charge is -2.22. The van der Waals surface area contributed by atoms with E-state index >= 15 is 0 Å². The van der Waals surface area contributed by atoms with Gasteiger partial charge in [-0.2, -0.15) is 13.2 Å². The lowest BCUT2D eigenvalue weighted by Crippen LogP contribution is -2.30. The number of aromatic nitrogens is 2. The molecule has 0 aliphatic heterocycles. The van der Waals surface area contributed by atoms with Gasteiger partial charge in [0.25, 0.3) is 5.91 Å². The minimum Gasteiger partial charge on any atom is -0.396 e. The van der Waals surface area contributed by atoms with E-state index in [1.807, 2.05) is 6.92 Å². The highest BCUT2D eigenvalue weighted by molar-refractivity contribution is 9.10. The standard InChI is InChI=1S/C18H18BrF3N4OS/c1-3-28-13-6-10(19)8-24-15(13)17(27)26(2)16-12(23)7-11(18(20,21)22)14(25-16)9-4-5-9/h6-9H,3-5,23H2,1-2H3. The van der Waals surface area contributed by atoms with Crippen molar-refractivity contribution in [3.05, 3.63) is 39.8 Å². The molecule has 150 valence electrons. The Labute approximate surface area is 173 Å². The maximum absolute atomic E-state index is 13.4. The molecule has 0 aromatic carbocycles. The van der Waals surface area contributed by atoms with E-state index in [0.29, 0.717) is 17.7 Å². The average molecular weight is 475 g/mol. The third-order valence-corrected chi connectivity index (χ3v) is 5.62. The molecule has 0 unspecified atom stereocenters. The third-order valence-electron chi connectivity index (χ3n) is 4.27. The number of halogens is 4. The van der Waals surface area contributed by atoms with Crippen LogP contribution in [0.5, 0.6) is 0 Å². The smallest absolute Gasteiger partial charge is 0.396 e. The zero-order chi connectivity index (χ0) is 20.6. The molecule has 5 nitrogen and oxygen atoms in total. The lowest BCUT2D eigenvalue weighted by atomic mass is 10.1. The molecular formula is C18H18BrF3N4OS. The van der Waals surface area contributed by atoms with E-state index in [4.69, 9.17) is 5.73 Å². The second-order valence-electron chi connectivity index (χ2n) is 6.40. The van der Waals surface area contributed by atoms with Crippen LogP contribution in [0, 0.1) is 0 Å². The Kier molecular flexibility index (Phi) is 5.90. The minimum absolute atomic E-state index is 0.0112. The van der Waals surface area contributed by atoms with Crippen LogP contribution in [-0.4, -0.2) is 28.7 Å². The zero-order valence-corrected chi connectivity index (χ0v) is 17.6. The summed E-state index contributed by atoms with van der Waals surface area (Å²) in [5.41, 5.74) is 4.97.